The molecule has 2 aliphatic carbocycles. The number of rotatable bonds is 7. The largest absolute Gasteiger partial charge is 0.481 e. The number of carbonyl (C=O) groups is 3. The Labute approximate surface area is 175 Å². The van der Waals surface area contributed by atoms with Crippen molar-refractivity contribution in [2.75, 3.05) is 0 Å². The Hall–Kier alpha value is -1.65. The highest BCUT2D eigenvalue weighted by Crippen LogP contribution is 2.61. The first-order chi connectivity index (χ1) is 13.4. The maximum Gasteiger partial charge on any atom is 0.309 e. The molecule has 0 saturated heterocycles. The fraction of sp³-hybridized carbons (Fsp3) is 0.792. The van der Waals surface area contributed by atoms with Gasteiger partial charge in [-0.15, -0.1) is 0 Å². The number of aliphatic carboxylic acids is 1. The van der Waals surface area contributed by atoms with Crippen LogP contribution in [-0.4, -0.2) is 28.9 Å². The molecule has 0 aromatic rings. The van der Waals surface area contributed by atoms with Gasteiger partial charge in [0.15, 0.2) is 11.9 Å². The molecule has 1 saturated carbocycles. The van der Waals surface area contributed by atoms with Crippen LogP contribution in [0.5, 0.6) is 0 Å². The van der Waals surface area contributed by atoms with Crippen LogP contribution in [0.2, 0.25) is 0 Å². The van der Waals surface area contributed by atoms with Crippen LogP contribution in [0.1, 0.15) is 80.6 Å². The molecule has 0 aliphatic heterocycles. The van der Waals surface area contributed by atoms with Crippen LogP contribution in [-0.2, 0) is 19.1 Å². The highest BCUT2D eigenvalue weighted by atomic mass is 16.5. The maximum atomic E-state index is 13.5. The van der Waals surface area contributed by atoms with Gasteiger partial charge in [-0.05, 0) is 49.9 Å². The second-order valence-electron chi connectivity index (χ2n) is 10.1. The van der Waals surface area contributed by atoms with E-state index >= 15 is 0 Å². The molecular weight excluding hydrogens is 368 g/mol. The standard InChI is InChI=1S/C24H38O5/c1-14(2)22(28)29-21-20(27)17(5)23(6,12-11-15(3)13-19(25)26)18-10-8-9-16(4)24(18,21)7/h9,14-15,17-18,21H,8,10-13H2,1-7H3,(H,25,26). The molecule has 6 unspecified atom stereocenters. The summed E-state index contributed by atoms with van der Waals surface area (Å²) >= 11 is 0. The van der Waals surface area contributed by atoms with Crippen molar-refractivity contribution in [3.05, 3.63) is 11.6 Å². The smallest absolute Gasteiger partial charge is 0.309 e. The number of allylic oxidation sites excluding steroid dienone is 1. The average Bonchev–Trinajstić information content (AvgIpc) is 2.63. The molecule has 5 heteroatoms. The third kappa shape index (κ3) is 4.29. The maximum absolute atomic E-state index is 13.5. The SMILES string of the molecule is CC1=CCCC2C(C)(CCC(C)CC(=O)O)C(C)C(=O)C(OC(=O)C(C)C)C12C. The second-order valence-corrected chi connectivity index (χ2v) is 10.1. The molecule has 5 nitrogen and oxygen atoms in total. The predicted octanol–water partition coefficient (Wildman–Crippen LogP) is 5.03. The summed E-state index contributed by atoms with van der Waals surface area (Å²) in [5.74, 6) is -1.36. The quantitative estimate of drug-likeness (QED) is 0.473. The van der Waals surface area contributed by atoms with Crippen molar-refractivity contribution in [2.45, 2.75) is 86.7 Å². The zero-order valence-corrected chi connectivity index (χ0v) is 19.1. The minimum absolute atomic E-state index is 0.000729. The summed E-state index contributed by atoms with van der Waals surface area (Å²) in [4.78, 5) is 37.0. The molecule has 2 rings (SSSR count). The van der Waals surface area contributed by atoms with Crippen molar-refractivity contribution < 1.29 is 24.2 Å². The molecule has 0 radical (unpaired) electrons. The van der Waals surface area contributed by atoms with Gasteiger partial charge in [0.1, 0.15) is 0 Å². The number of fused-ring (bicyclic) bond motifs is 1. The Kier molecular flexibility index (Phi) is 7.01. The molecule has 0 bridgehead atoms. The number of carboxylic acids is 1. The first-order valence-corrected chi connectivity index (χ1v) is 11.0. The Balaban J connectivity index is 2.40. The zero-order chi connectivity index (χ0) is 22.1. The van der Waals surface area contributed by atoms with Crippen LogP contribution in [0.4, 0.5) is 0 Å². The Morgan fingerprint density at radius 3 is 2.45 bits per heavy atom. The van der Waals surface area contributed by atoms with Crippen molar-refractivity contribution in [3.8, 4) is 0 Å². The summed E-state index contributed by atoms with van der Waals surface area (Å²) in [5, 5.41) is 9.10. The molecule has 164 valence electrons. The van der Waals surface area contributed by atoms with E-state index in [0.29, 0.717) is 0 Å². The van der Waals surface area contributed by atoms with Crippen LogP contribution < -0.4 is 0 Å². The van der Waals surface area contributed by atoms with Crippen LogP contribution in [0, 0.1) is 34.5 Å². The van der Waals surface area contributed by atoms with E-state index in [1.54, 1.807) is 13.8 Å². The number of esters is 1. The fourth-order valence-corrected chi connectivity index (χ4v) is 5.60. The van der Waals surface area contributed by atoms with Crippen molar-refractivity contribution >= 4 is 17.7 Å². The van der Waals surface area contributed by atoms with Crippen LogP contribution in [0.3, 0.4) is 0 Å². The van der Waals surface area contributed by atoms with Crippen molar-refractivity contribution in [2.24, 2.45) is 34.5 Å². The summed E-state index contributed by atoms with van der Waals surface area (Å²) < 4.78 is 5.84. The number of ether oxygens (including phenoxy) is 1. The van der Waals surface area contributed by atoms with Gasteiger partial charge in [0.05, 0.1) is 5.92 Å². The lowest BCUT2D eigenvalue weighted by Crippen LogP contribution is -2.62. The van der Waals surface area contributed by atoms with Crippen molar-refractivity contribution in [3.63, 3.8) is 0 Å². The van der Waals surface area contributed by atoms with Gasteiger partial charge in [0, 0.05) is 17.8 Å². The highest BCUT2D eigenvalue weighted by molar-refractivity contribution is 5.90. The van der Waals surface area contributed by atoms with E-state index in [0.717, 1.165) is 31.3 Å². The minimum atomic E-state index is -0.780. The fourth-order valence-electron chi connectivity index (χ4n) is 5.60. The van der Waals surface area contributed by atoms with Crippen LogP contribution in [0.15, 0.2) is 11.6 Å². The lowest BCUT2D eigenvalue weighted by Gasteiger charge is -2.59. The third-order valence-corrected chi connectivity index (χ3v) is 7.90. The molecule has 0 spiro atoms. The number of Topliss-reactive ketones (excluding diaryl/α,β-unsaturated/α-hetero) is 1. The van der Waals surface area contributed by atoms with E-state index in [4.69, 9.17) is 9.84 Å². The van der Waals surface area contributed by atoms with Gasteiger partial charge in [0.2, 0.25) is 0 Å². The normalized spacial score (nSPS) is 35.7. The number of carbonyl (C=O) groups excluding carboxylic acids is 2. The van der Waals surface area contributed by atoms with Gasteiger partial charge in [-0.25, -0.2) is 0 Å². The second kappa shape index (κ2) is 8.61. The van der Waals surface area contributed by atoms with Gasteiger partial charge >= 0.3 is 11.9 Å². The lowest BCUT2D eigenvalue weighted by molar-refractivity contribution is -0.186. The summed E-state index contributed by atoms with van der Waals surface area (Å²) in [7, 11) is 0. The molecular formula is C24H38O5. The van der Waals surface area contributed by atoms with Crippen molar-refractivity contribution in [1.82, 2.24) is 0 Å². The number of ketones is 1. The summed E-state index contributed by atoms with van der Waals surface area (Å²) in [6.45, 7) is 13.8. The number of hydrogen-bond donors (Lipinski definition) is 1. The van der Waals surface area contributed by atoms with E-state index < -0.39 is 17.5 Å². The first-order valence-electron chi connectivity index (χ1n) is 11.0. The number of carboxylic acid groups (broad SMARTS) is 1. The molecule has 2 aliphatic rings. The van der Waals surface area contributed by atoms with Gasteiger partial charge in [0.25, 0.3) is 0 Å². The van der Waals surface area contributed by atoms with E-state index in [1.165, 1.54) is 0 Å². The first kappa shape index (κ1) is 23.6. The monoisotopic (exact) mass is 406 g/mol. The Bertz CT molecular complexity index is 693. The van der Waals surface area contributed by atoms with E-state index in [9.17, 15) is 14.4 Å². The average molecular weight is 407 g/mol. The summed E-state index contributed by atoms with van der Waals surface area (Å²) in [5.41, 5.74) is 0.354. The minimum Gasteiger partial charge on any atom is -0.481 e. The highest BCUT2D eigenvalue weighted by Gasteiger charge is 2.62. The van der Waals surface area contributed by atoms with Gasteiger partial charge in [-0.3, -0.25) is 14.4 Å². The lowest BCUT2D eigenvalue weighted by atomic mass is 9.45. The Morgan fingerprint density at radius 2 is 1.90 bits per heavy atom. The van der Waals surface area contributed by atoms with Crippen molar-refractivity contribution in [1.29, 1.82) is 0 Å². The van der Waals surface area contributed by atoms with E-state index in [2.05, 4.69) is 26.8 Å². The number of hydrogen-bond acceptors (Lipinski definition) is 4. The van der Waals surface area contributed by atoms with Gasteiger partial charge in [-0.2, -0.15) is 0 Å². The molecule has 1 fully saturated rings. The Morgan fingerprint density at radius 1 is 1.28 bits per heavy atom. The molecule has 0 aromatic carbocycles. The molecule has 29 heavy (non-hydrogen) atoms. The van der Waals surface area contributed by atoms with E-state index in [-0.39, 0.29) is 47.3 Å². The topological polar surface area (TPSA) is 80.7 Å². The summed E-state index contributed by atoms with van der Waals surface area (Å²) in [6, 6.07) is 0. The van der Waals surface area contributed by atoms with Crippen LogP contribution in [0.25, 0.3) is 0 Å². The van der Waals surface area contributed by atoms with Crippen LogP contribution >= 0.6 is 0 Å². The molecule has 0 heterocycles. The van der Waals surface area contributed by atoms with E-state index in [1.807, 2.05) is 13.8 Å². The van der Waals surface area contributed by atoms with Gasteiger partial charge in [-0.1, -0.05) is 53.2 Å². The summed E-state index contributed by atoms with van der Waals surface area (Å²) in [6.07, 6.45) is 5.05. The molecule has 0 amide bonds. The predicted molar refractivity (Wildman–Crippen MR) is 112 cm³/mol. The molecule has 6 atom stereocenters. The van der Waals surface area contributed by atoms with Gasteiger partial charge < -0.3 is 9.84 Å². The molecule has 1 N–H and O–H groups in total. The molecule has 0 aromatic heterocycles. The third-order valence-electron chi connectivity index (χ3n) is 7.90. The zero-order valence-electron chi connectivity index (χ0n) is 19.1.